The predicted molar refractivity (Wildman–Crippen MR) is 96.6 cm³/mol. The molecule has 0 aliphatic rings. The van der Waals surface area contributed by atoms with Crippen molar-refractivity contribution in [2.75, 3.05) is 5.75 Å². The molecule has 1 aromatic carbocycles. The number of hydrogen-bond donors (Lipinski definition) is 0. The summed E-state index contributed by atoms with van der Waals surface area (Å²) in [7, 11) is 0. The van der Waals surface area contributed by atoms with Gasteiger partial charge < -0.3 is 0 Å². The average Bonchev–Trinajstić information content (AvgIpc) is 3.22. The molecule has 6 nitrogen and oxygen atoms in total. The third kappa shape index (κ3) is 3.37. The average molecular weight is 390 g/mol. The van der Waals surface area contributed by atoms with Gasteiger partial charge >= 0.3 is 0 Å². The normalized spacial score (nSPS) is 11.3. The number of aromatic nitrogens is 6. The summed E-state index contributed by atoms with van der Waals surface area (Å²) in [6.07, 6.45) is 0. The summed E-state index contributed by atoms with van der Waals surface area (Å²) >= 11 is 4.59. The molecule has 0 amide bonds. The monoisotopic (exact) mass is 390 g/mol. The molecule has 0 saturated carbocycles. The van der Waals surface area contributed by atoms with Gasteiger partial charge in [0.2, 0.25) is 0 Å². The molecular weight excluding hydrogens is 379 g/mol. The van der Waals surface area contributed by atoms with Crippen LogP contribution in [0.4, 0.5) is 4.39 Å². The van der Waals surface area contributed by atoms with Crippen LogP contribution in [-0.4, -0.2) is 35.8 Å². The summed E-state index contributed by atoms with van der Waals surface area (Å²) in [5.74, 6) is 0.966. The lowest BCUT2D eigenvalue weighted by atomic mass is 10.2. The number of thioether (sulfide) groups is 1. The Labute approximate surface area is 154 Å². The van der Waals surface area contributed by atoms with Crippen LogP contribution in [0.1, 0.15) is 6.92 Å². The molecule has 0 radical (unpaired) electrons. The van der Waals surface area contributed by atoms with Gasteiger partial charge in [-0.3, -0.25) is 0 Å². The SMILES string of the molecule is CCSc1nnc(Sc2ccc3nnc(-c4ccccc4F)n3n2)s1. The third-order valence-corrected chi connectivity index (χ3v) is 6.12. The maximum atomic E-state index is 14.1. The number of nitrogens with zero attached hydrogens (tertiary/aromatic N) is 6. The first-order valence-corrected chi connectivity index (χ1v) is 9.98. The predicted octanol–water partition coefficient (Wildman–Crippen LogP) is 4.05. The van der Waals surface area contributed by atoms with Crippen molar-refractivity contribution in [3.8, 4) is 11.4 Å². The quantitative estimate of drug-likeness (QED) is 0.476. The van der Waals surface area contributed by atoms with E-state index in [-0.39, 0.29) is 5.82 Å². The zero-order chi connectivity index (χ0) is 17.2. The highest BCUT2D eigenvalue weighted by Crippen LogP contribution is 2.32. The van der Waals surface area contributed by atoms with Crippen molar-refractivity contribution < 1.29 is 4.39 Å². The first-order chi connectivity index (χ1) is 12.2. The van der Waals surface area contributed by atoms with Crippen LogP contribution in [0, 0.1) is 5.82 Å². The molecule has 0 spiro atoms. The summed E-state index contributed by atoms with van der Waals surface area (Å²) in [6.45, 7) is 2.07. The first kappa shape index (κ1) is 16.4. The smallest absolute Gasteiger partial charge is 0.188 e. The Morgan fingerprint density at radius 3 is 2.72 bits per heavy atom. The van der Waals surface area contributed by atoms with Crippen LogP contribution in [0.2, 0.25) is 0 Å². The number of rotatable bonds is 5. The second-order valence-corrected chi connectivity index (χ2v) is 8.57. The van der Waals surface area contributed by atoms with Gasteiger partial charge in [-0.2, -0.15) is 9.61 Å². The van der Waals surface area contributed by atoms with Gasteiger partial charge in [-0.1, -0.05) is 42.2 Å². The van der Waals surface area contributed by atoms with E-state index in [9.17, 15) is 4.39 Å². The lowest BCUT2D eigenvalue weighted by molar-refractivity contribution is 0.629. The van der Waals surface area contributed by atoms with Crippen LogP contribution in [0.5, 0.6) is 0 Å². The molecule has 0 bridgehead atoms. The van der Waals surface area contributed by atoms with E-state index in [1.807, 2.05) is 6.07 Å². The van der Waals surface area contributed by atoms with E-state index in [0.717, 1.165) is 14.4 Å². The molecule has 0 aliphatic carbocycles. The number of fused-ring (bicyclic) bond motifs is 1. The minimum Gasteiger partial charge on any atom is -0.206 e. The van der Waals surface area contributed by atoms with Crippen LogP contribution < -0.4 is 0 Å². The zero-order valence-corrected chi connectivity index (χ0v) is 15.4. The van der Waals surface area contributed by atoms with Crippen LogP contribution in [0.3, 0.4) is 0 Å². The summed E-state index contributed by atoms with van der Waals surface area (Å²) in [4.78, 5) is 0. The fraction of sp³-hybridized carbons (Fsp3) is 0.133. The van der Waals surface area contributed by atoms with E-state index in [1.54, 1.807) is 40.5 Å². The fourth-order valence-electron chi connectivity index (χ4n) is 2.15. The molecule has 10 heteroatoms. The van der Waals surface area contributed by atoms with Crippen molar-refractivity contribution in [3.05, 3.63) is 42.2 Å². The maximum absolute atomic E-state index is 14.1. The summed E-state index contributed by atoms with van der Waals surface area (Å²) in [6, 6.07) is 10.1. The van der Waals surface area contributed by atoms with Gasteiger partial charge in [0, 0.05) is 0 Å². The second-order valence-electron chi connectivity index (χ2n) is 4.81. The molecule has 0 fully saturated rings. The van der Waals surface area contributed by atoms with Crippen LogP contribution in [0.15, 0.2) is 50.1 Å². The van der Waals surface area contributed by atoms with Crippen molar-refractivity contribution in [1.82, 2.24) is 30.0 Å². The number of benzene rings is 1. The van der Waals surface area contributed by atoms with Crippen molar-refractivity contribution >= 4 is 40.5 Å². The van der Waals surface area contributed by atoms with Crippen molar-refractivity contribution in [2.45, 2.75) is 20.6 Å². The van der Waals surface area contributed by atoms with E-state index in [0.29, 0.717) is 22.1 Å². The highest BCUT2D eigenvalue weighted by atomic mass is 32.2. The molecule has 0 saturated heterocycles. The summed E-state index contributed by atoms with van der Waals surface area (Å²) in [5, 5.41) is 21.7. The zero-order valence-electron chi connectivity index (χ0n) is 13.0. The molecule has 3 aromatic heterocycles. The van der Waals surface area contributed by atoms with Crippen molar-refractivity contribution in [1.29, 1.82) is 0 Å². The highest BCUT2D eigenvalue weighted by molar-refractivity contribution is 8.03. The van der Waals surface area contributed by atoms with Gasteiger partial charge in [-0.15, -0.1) is 20.4 Å². The first-order valence-electron chi connectivity index (χ1n) is 7.36. The number of hydrogen-bond acceptors (Lipinski definition) is 8. The van der Waals surface area contributed by atoms with Gasteiger partial charge in [0.1, 0.15) is 10.8 Å². The summed E-state index contributed by atoms with van der Waals surface area (Å²) < 4.78 is 17.4. The lowest BCUT2D eigenvalue weighted by Crippen LogP contribution is -1.97. The van der Waals surface area contributed by atoms with Crippen LogP contribution >= 0.6 is 34.9 Å². The largest absolute Gasteiger partial charge is 0.206 e. The van der Waals surface area contributed by atoms with Crippen LogP contribution in [0.25, 0.3) is 17.0 Å². The van der Waals surface area contributed by atoms with Crippen molar-refractivity contribution in [3.63, 3.8) is 0 Å². The fourth-order valence-corrected chi connectivity index (χ4v) is 4.97. The molecule has 25 heavy (non-hydrogen) atoms. The highest BCUT2D eigenvalue weighted by Gasteiger charge is 2.14. The maximum Gasteiger partial charge on any atom is 0.188 e. The van der Waals surface area contributed by atoms with Gasteiger partial charge in [0.15, 0.2) is 20.2 Å². The molecule has 0 atom stereocenters. The summed E-state index contributed by atoms with van der Waals surface area (Å²) in [5.41, 5.74) is 0.921. The molecule has 4 aromatic rings. The Bertz CT molecular complexity index is 1030. The second kappa shape index (κ2) is 7.06. The minimum atomic E-state index is -0.359. The minimum absolute atomic E-state index is 0.359. The molecule has 0 aliphatic heterocycles. The van der Waals surface area contributed by atoms with E-state index >= 15 is 0 Å². The molecule has 0 unspecified atom stereocenters. The van der Waals surface area contributed by atoms with E-state index in [2.05, 4.69) is 32.4 Å². The molecule has 4 rings (SSSR count). The van der Waals surface area contributed by atoms with Crippen molar-refractivity contribution in [2.24, 2.45) is 0 Å². The van der Waals surface area contributed by atoms with Gasteiger partial charge in [-0.05, 0) is 41.8 Å². The Morgan fingerprint density at radius 2 is 1.88 bits per heavy atom. The third-order valence-electron chi connectivity index (χ3n) is 3.20. The Balaban J connectivity index is 1.69. The Morgan fingerprint density at radius 1 is 1.04 bits per heavy atom. The Hall–Kier alpha value is -2.04. The van der Waals surface area contributed by atoms with Gasteiger partial charge in [-0.25, -0.2) is 4.39 Å². The molecule has 126 valence electrons. The topological polar surface area (TPSA) is 68.9 Å². The van der Waals surface area contributed by atoms with Gasteiger partial charge in [0.05, 0.1) is 5.56 Å². The molecule has 0 N–H and O–H groups in total. The Kier molecular flexibility index (Phi) is 4.64. The molecule has 3 heterocycles. The van der Waals surface area contributed by atoms with E-state index in [4.69, 9.17) is 0 Å². The standard InChI is InChI=1S/C15H11FN6S3/c1-2-23-14-19-20-15(25-14)24-12-8-7-11-17-18-13(22(11)21-12)9-5-3-4-6-10(9)16/h3-8H,2H2,1H3. The van der Waals surface area contributed by atoms with E-state index in [1.165, 1.54) is 29.2 Å². The number of halogens is 1. The van der Waals surface area contributed by atoms with Crippen LogP contribution in [-0.2, 0) is 0 Å². The van der Waals surface area contributed by atoms with E-state index < -0.39 is 0 Å². The van der Waals surface area contributed by atoms with Gasteiger partial charge in [0.25, 0.3) is 0 Å². The lowest BCUT2D eigenvalue weighted by Gasteiger charge is -2.02. The molecular formula is C15H11FN6S3.